The summed E-state index contributed by atoms with van der Waals surface area (Å²) >= 11 is 0. The maximum Gasteiger partial charge on any atom is 0.170 e. The molecule has 0 aliphatic carbocycles. The minimum Gasteiger partial charge on any atom is -0.294 e. The summed E-state index contributed by atoms with van der Waals surface area (Å²) in [4.78, 5) is 12.1. The molecule has 2 aromatic carbocycles. The Balaban J connectivity index is 2.31. The Labute approximate surface area is 104 Å². The highest BCUT2D eigenvalue weighted by atomic mass is 19.1. The van der Waals surface area contributed by atoms with Gasteiger partial charge in [0.05, 0.1) is 0 Å². The first-order valence-electron chi connectivity index (χ1n) is 5.64. The first-order valence-corrected chi connectivity index (χ1v) is 5.64. The van der Waals surface area contributed by atoms with Crippen LogP contribution in [0.3, 0.4) is 0 Å². The van der Waals surface area contributed by atoms with Crippen LogP contribution in [0, 0.1) is 11.6 Å². The third kappa shape index (κ3) is 2.45. The molecule has 0 amide bonds. The number of halogens is 2. The van der Waals surface area contributed by atoms with Gasteiger partial charge in [-0.05, 0) is 11.6 Å². The van der Waals surface area contributed by atoms with E-state index in [2.05, 4.69) is 0 Å². The van der Waals surface area contributed by atoms with Crippen molar-refractivity contribution in [1.29, 1.82) is 0 Å². The van der Waals surface area contributed by atoms with Gasteiger partial charge in [-0.3, -0.25) is 4.79 Å². The van der Waals surface area contributed by atoms with E-state index in [0.29, 0.717) is 5.56 Å². The van der Waals surface area contributed by atoms with Crippen LogP contribution in [0.15, 0.2) is 48.5 Å². The third-order valence-corrected chi connectivity index (χ3v) is 2.88. The van der Waals surface area contributed by atoms with Crippen molar-refractivity contribution in [3.63, 3.8) is 0 Å². The highest BCUT2D eigenvalue weighted by Crippen LogP contribution is 2.23. The summed E-state index contributed by atoms with van der Waals surface area (Å²) in [6.07, 6.45) is 0. The molecule has 0 spiro atoms. The molecular formula is C15H12F2O. The predicted octanol–water partition coefficient (Wildman–Crippen LogP) is 3.95. The summed E-state index contributed by atoms with van der Waals surface area (Å²) in [6, 6.07) is 11.9. The van der Waals surface area contributed by atoms with Crippen LogP contribution in [0.2, 0.25) is 0 Å². The lowest BCUT2D eigenvalue weighted by Gasteiger charge is -2.11. The van der Waals surface area contributed by atoms with Gasteiger partial charge >= 0.3 is 0 Å². The van der Waals surface area contributed by atoms with Gasteiger partial charge in [0.1, 0.15) is 11.6 Å². The Morgan fingerprint density at radius 2 is 1.72 bits per heavy atom. The summed E-state index contributed by atoms with van der Waals surface area (Å²) in [5, 5.41) is 0. The maximum atomic E-state index is 13.6. The zero-order chi connectivity index (χ0) is 13.1. The van der Waals surface area contributed by atoms with E-state index in [1.165, 1.54) is 6.07 Å². The molecule has 18 heavy (non-hydrogen) atoms. The largest absolute Gasteiger partial charge is 0.294 e. The molecule has 0 saturated heterocycles. The molecule has 92 valence electrons. The van der Waals surface area contributed by atoms with E-state index in [1.54, 1.807) is 37.3 Å². The highest BCUT2D eigenvalue weighted by Gasteiger charge is 2.20. The zero-order valence-electron chi connectivity index (χ0n) is 9.86. The quantitative estimate of drug-likeness (QED) is 0.749. The number of carbonyl (C=O) groups excluding carboxylic acids is 1. The molecule has 0 aliphatic rings. The van der Waals surface area contributed by atoms with E-state index in [1.807, 2.05) is 0 Å². The van der Waals surface area contributed by atoms with Gasteiger partial charge in [-0.25, -0.2) is 8.78 Å². The van der Waals surface area contributed by atoms with Crippen LogP contribution in [0.1, 0.15) is 28.8 Å². The van der Waals surface area contributed by atoms with Crippen LogP contribution < -0.4 is 0 Å². The van der Waals surface area contributed by atoms with Crippen LogP contribution in [-0.2, 0) is 0 Å². The Hall–Kier alpha value is -2.03. The lowest BCUT2D eigenvalue weighted by atomic mass is 9.92. The minimum atomic E-state index is -0.688. The number of rotatable bonds is 3. The van der Waals surface area contributed by atoms with Crippen molar-refractivity contribution >= 4 is 5.78 Å². The highest BCUT2D eigenvalue weighted by molar-refractivity contribution is 6.00. The molecule has 0 radical (unpaired) electrons. The van der Waals surface area contributed by atoms with Gasteiger partial charge in [-0.15, -0.1) is 0 Å². The average molecular weight is 246 g/mol. The SMILES string of the molecule is CC(C(=O)c1ccccc1)c1ccc(F)cc1F. The first kappa shape index (κ1) is 12.4. The van der Waals surface area contributed by atoms with Gasteiger partial charge in [0.15, 0.2) is 5.78 Å². The topological polar surface area (TPSA) is 17.1 Å². The summed E-state index contributed by atoms with van der Waals surface area (Å²) < 4.78 is 26.4. The Bertz CT molecular complexity index is 564. The summed E-state index contributed by atoms with van der Waals surface area (Å²) in [5.74, 6) is -2.14. The van der Waals surface area contributed by atoms with Crippen molar-refractivity contribution in [2.45, 2.75) is 12.8 Å². The minimum absolute atomic E-state index is 0.180. The van der Waals surface area contributed by atoms with Crippen molar-refractivity contribution < 1.29 is 13.6 Å². The van der Waals surface area contributed by atoms with E-state index in [0.717, 1.165) is 12.1 Å². The second kappa shape index (κ2) is 5.08. The molecule has 1 unspecified atom stereocenters. The fourth-order valence-electron chi connectivity index (χ4n) is 1.85. The molecule has 0 aromatic heterocycles. The number of hydrogen-bond donors (Lipinski definition) is 0. The monoisotopic (exact) mass is 246 g/mol. The van der Waals surface area contributed by atoms with E-state index in [9.17, 15) is 13.6 Å². The fraction of sp³-hybridized carbons (Fsp3) is 0.133. The molecule has 0 heterocycles. The Morgan fingerprint density at radius 3 is 2.33 bits per heavy atom. The van der Waals surface area contributed by atoms with Crippen molar-refractivity contribution in [3.05, 3.63) is 71.3 Å². The van der Waals surface area contributed by atoms with Gasteiger partial charge in [-0.1, -0.05) is 43.3 Å². The molecule has 2 rings (SSSR count). The third-order valence-electron chi connectivity index (χ3n) is 2.88. The van der Waals surface area contributed by atoms with Crippen molar-refractivity contribution in [2.75, 3.05) is 0 Å². The predicted molar refractivity (Wildman–Crippen MR) is 65.5 cm³/mol. The smallest absolute Gasteiger partial charge is 0.170 e. The normalized spacial score (nSPS) is 12.2. The Kier molecular flexibility index (Phi) is 3.51. The maximum absolute atomic E-state index is 13.6. The van der Waals surface area contributed by atoms with Crippen LogP contribution in [0.4, 0.5) is 8.78 Å². The Morgan fingerprint density at radius 1 is 1.06 bits per heavy atom. The van der Waals surface area contributed by atoms with E-state index < -0.39 is 17.6 Å². The van der Waals surface area contributed by atoms with Crippen LogP contribution in [0.5, 0.6) is 0 Å². The fourth-order valence-corrected chi connectivity index (χ4v) is 1.85. The number of carbonyl (C=O) groups is 1. The molecule has 0 N–H and O–H groups in total. The lowest BCUT2D eigenvalue weighted by molar-refractivity contribution is 0.0964. The van der Waals surface area contributed by atoms with Gasteiger partial charge in [0, 0.05) is 17.5 Å². The molecule has 3 heteroatoms. The molecule has 1 atom stereocenters. The standard InChI is InChI=1S/C15H12F2O/c1-10(13-8-7-12(16)9-14(13)17)15(18)11-5-3-2-4-6-11/h2-10H,1H3. The van der Waals surface area contributed by atoms with Crippen molar-refractivity contribution in [2.24, 2.45) is 0 Å². The lowest BCUT2D eigenvalue weighted by Crippen LogP contribution is -2.11. The molecule has 0 saturated carbocycles. The number of Topliss-reactive ketones (excluding diaryl/α,β-unsaturated/α-hetero) is 1. The van der Waals surface area contributed by atoms with Crippen LogP contribution in [-0.4, -0.2) is 5.78 Å². The van der Waals surface area contributed by atoms with Gasteiger partial charge in [0.25, 0.3) is 0 Å². The second-order valence-corrected chi connectivity index (χ2v) is 4.12. The van der Waals surface area contributed by atoms with Crippen molar-refractivity contribution in [1.82, 2.24) is 0 Å². The van der Waals surface area contributed by atoms with Gasteiger partial charge in [0.2, 0.25) is 0 Å². The second-order valence-electron chi connectivity index (χ2n) is 4.12. The van der Waals surface area contributed by atoms with E-state index in [-0.39, 0.29) is 11.3 Å². The molecule has 2 aromatic rings. The van der Waals surface area contributed by atoms with E-state index in [4.69, 9.17) is 0 Å². The molecule has 0 bridgehead atoms. The summed E-state index contributed by atoms with van der Waals surface area (Å²) in [5.41, 5.74) is 0.735. The van der Waals surface area contributed by atoms with Crippen LogP contribution >= 0.6 is 0 Å². The summed E-state index contributed by atoms with van der Waals surface area (Å²) in [6.45, 7) is 1.62. The zero-order valence-corrected chi connectivity index (χ0v) is 9.86. The number of hydrogen-bond acceptors (Lipinski definition) is 1. The molecule has 1 nitrogen and oxygen atoms in total. The van der Waals surface area contributed by atoms with E-state index >= 15 is 0 Å². The number of ketones is 1. The first-order chi connectivity index (χ1) is 8.59. The molecule has 0 fully saturated rings. The van der Waals surface area contributed by atoms with Crippen molar-refractivity contribution in [3.8, 4) is 0 Å². The summed E-state index contributed by atoms with van der Waals surface area (Å²) in [7, 11) is 0. The van der Waals surface area contributed by atoms with Crippen LogP contribution in [0.25, 0.3) is 0 Å². The number of benzene rings is 2. The average Bonchev–Trinajstić information content (AvgIpc) is 2.38. The van der Waals surface area contributed by atoms with Gasteiger partial charge in [-0.2, -0.15) is 0 Å². The molecule has 0 aliphatic heterocycles. The van der Waals surface area contributed by atoms with Gasteiger partial charge < -0.3 is 0 Å². The molecular weight excluding hydrogens is 234 g/mol.